The van der Waals surface area contributed by atoms with Gasteiger partial charge in [-0.3, -0.25) is 4.79 Å². The quantitative estimate of drug-likeness (QED) is 0.304. The van der Waals surface area contributed by atoms with Gasteiger partial charge in [0.15, 0.2) is 0 Å². The number of sulfone groups is 1. The van der Waals surface area contributed by atoms with Gasteiger partial charge in [-0.15, -0.1) is 11.3 Å². The average molecular weight is 509 g/mol. The van der Waals surface area contributed by atoms with E-state index in [1.54, 1.807) is 36.4 Å². The van der Waals surface area contributed by atoms with E-state index in [9.17, 15) is 13.2 Å². The summed E-state index contributed by atoms with van der Waals surface area (Å²) in [6.45, 7) is 1.90. The summed E-state index contributed by atoms with van der Waals surface area (Å²) < 4.78 is 37.8. The summed E-state index contributed by atoms with van der Waals surface area (Å²) >= 11 is 1.00. The molecule has 0 unspecified atom stereocenters. The molecule has 0 saturated carbocycles. The number of carbonyl (C=O) groups excluding carboxylic acids is 1. The Balaban J connectivity index is 1.88. The molecule has 0 fully saturated rings. The fourth-order valence-electron chi connectivity index (χ4n) is 3.55. The standard InChI is InChI=1S/C26H24N2O5S2/c1-16-7-4-5-10-21(16)28-26-25(35(30,31)20-13-11-18(32-2)12-14-20)22(27)24(34-26)23(29)17-8-6-9-19(15-17)33-3/h4-15,28H,27H2,1-3H3. The largest absolute Gasteiger partial charge is 0.497 e. The Morgan fingerprint density at radius 2 is 1.60 bits per heavy atom. The molecule has 3 N–H and O–H groups in total. The minimum atomic E-state index is -4.08. The summed E-state index contributed by atoms with van der Waals surface area (Å²) in [4.78, 5) is 13.4. The van der Waals surface area contributed by atoms with Gasteiger partial charge in [0.25, 0.3) is 0 Å². The predicted octanol–water partition coefficient (Wildman–Crippen LogP) is 5.46. The first kappa shape index (κ1) is 24.3. The maximum Gasteiger partial charge on any atom is 0.211 e. The van der Waals surface area contributed by atoms with E-state index in [0.717, 1.165) is 16.9 Å². The molecule has 0 aliphatic heterocycles. The normalized spacial score (nSPS) is 11.2. The van der Waals surface area contributed by atoms with Crippen molar-refractivity contribution in [1.82, 2.24) is 0 Å². The first-order chi connectivity index (χ1) is 16.8. The van der Waals surface area contributed by atoms with Crippen molar-refractivity contribution in [2.45, 2.75) is 16.7 Å². The second-order valence-electron chi connectivity index (χ2n) is 7.68. The number of hydrogen-bond donors (Lipinski definition) is 2. The van der Waals surface area contributed by atoms with Crippen molar-refractivity contribution < 1.29 is 22.7 Å². The van der Waals surface area contributed by atoms with E-state index in [1.807, 2.05) is 31.2 Å². The number of anilines is 3. The summed E-state index contributed by atoms with van der Waals surface area (Å²) in [7, 11) is -1.07. The Morgan fingerprint density at radius 3 is 2.26 bits per heavy atom. The van der Waals surface area contributed by atoms with Gasteiger partial charge in [0.1, 0.15) is 26.3 Å². The third-order valence-corrected chi connectivity index (χ3v) is 8.57. The van der Waals surface area contributed by atoms with Crippen LogP contribution in [0.2, 0.25) is 0 Å². The molecule has 0 spiro atoms. The Morgan fingerprint density at radius 1 is 0.914 bits per heavy atom. The van der Waals surface area contributed by atoms with Gasteiger partial charge in [-0.05, 0) is 55.0 Å². The molecule has 0 radical (unpaired) electrons. The van der Waals surface area contributed by atoms with Crippen LogP contribution < -0.4 is 20.5 Å². The number of thiophene rings is 1. The van der Waals surface area contributed by atoms with Gasteiger partial charge in [0.2, 0.25) is 15.6 Å². The van der Waals surface area contributed by atoms with Crippen LogP contribution in [0.1, 0.15) is 20.8 Å². The summed E-state index contributed by atoms with van der Waals surface area (Å²) in [5, 5.41) is 3.45. The van der Waals surface area contributed by atoms with Crippen molar-refractivity contribution in [2.75, 3.05) is 25.3 Å². The Bertz CT molecular complexity index is 1490. The molecule has 35 heavy (non-hydrogen) atoms. The zero-order valence-electron chi connectivity index (χ0n) is 19.4. The minimum Gasteiger partial charge on any atom is -0.497 e. The van der Waals surface area contributed by atoms with E-state index in [2.05, 4.69) is 5.32 Å². The van der Waals surface area contributed by atoms with E-state index < -0.39 is 15.6 Å². The molecule has 0 amide bonds. The molecule has 0 aliphatic rings. The van der Waals surface area contributed by atoms with Crippen molar-refractivity contribution in [3.8, 4) is 11.5 Å². The first-order valence-electron chi connectivity index (χ1n) is 10.6. The predicted molar refractivity (Wildman–Crippen MR) is 138 cm³/mol. The minimum absolute atomic E-state index is 0.0380. The average Bonchev–Trinajstić information content (AvgIpc) is 3.21. The third kappa shape index (κ3) is 4.73. The Labute approximate surface area is 208 Å². The highest BCUT2D eigenvalue weighted by atomic mass is 32.2. The van der Waals surface area contributed by atoms with Crippen LogP contribution in [0, 0.1) is 6.92 Å². The summed E-state index contributed by atoms with van der Waals surface area (Å²) in [6, 6.07) is 20.1. The molecular weight excluding hydrogens is 484 g/mol. The molecule has 0 bridgehead atoms. The van der Waals surface area contributed by atoms with Crippen LogP contribution in [-0.2, 0) is 9.84 Å². The van der Waals surface area contributed by atoms with Crippen LogP contribution in [-0.4, -0.2) is 28.4 Å². The lowest BCUT2D eigenvalue weighted by Gasteiger charge is -2.11. The number of carbonyl (C=O) groups is 1. The van der Waals surface area contributed by atoms with Gasteiger partial charge in [-0.25, -0.2) is 8.42 Å². The van der Waals surface area contributed by atoms with Gasteiger partial charge >= 0.3 is 0 Å². The lowest BCUT2D eigenvalue weighted by molar-refractivity contribution is 0.104. The van der Waals surface area contributed by atoms with Gasteiger partial charge in [-0.1, -0.05) is 30.3 Å². The maximum atomic E-state index is 13.7. The van der Waals surface area contributed by atoms with Crippen molar-refractivity contribution in [3.05, 3.63) is 88.8 Å². The zero-order chi connectivity index (χ0) is 25.2. The van der Waals surface area contributed by atoms with Crippen molar-refractivity contribution >= 4 is 43.3 Å². The number of rotatable bonds is 8. The highest BCUT2D eigenvalue weighted by molar-refractivity contribution is 7.92. The number of ketones is 1. The molecule has 0 aliphatic carbocycles. The number of nitrogens with one attached hydrogen (secondary N) is 1. The lowest BCUT2D eigenvalue weighted by Crippen LogP contribution is -2.08. The summed E-state index contributed by atoms with van der Waals surface area (Å²) in [6.07, 6.45) is 0. The van der Waals surface area contributed by atoms with Crippen LogP contribution in [0.4, 0.5) is 16.4 Å². The molecule has 180 valence electrons. The molecule has 3 aromatic carbocycles. The third-order valence-electron chi connectivity index (χ3n) is 5.47. The van der Waals surface area contributed by atoms with Crippen LogP contribution >= 0.6 is 11.3 Å². The number of nitrogens with two attached hydrogens (primary N) is 1. The molecule has 7 nitrogen and oxygen atoms in total. The maximum absolute atomic E-state index is 13.7. The van der Waals surface area contributed by atoms with Crippen molar-refractivity contribution in [2.24, 2.45) is 0 Å². The SMILES string of the molecule is COc1ccc(S(=O)(=O)c2c(Nc3ccccc3C)sc(C(=O)c3cccc(OC)c3)c2N)cc1. The second kappa shape index (κ2) is 9.81. The highest BCUT2D eigenvalue weighted by Crippen LogP contribution is 2.44. The van der Waals surface area contributed by atoms with Crippen molar-refractivity contribution in [1.29, 1.82) is 0 Å². The zero-order valence-corrected chi connectivity index (χ0v) is 21.0. The van der Waals surface area contributed by atoms with Gasteiger partial charge in [0.05, 0.1) is 24.8 Å². The number of nitrogen functional groups attached to an aromatic ring is 1. The molecule has 0 atom stereocenters. The van der Waals surface area contributed by atoms with Crippen molar-refractivity contribution in [3.63, 3.8) is 0 Å². The monoisotopic (exact) mass is 508 g/mol. The van der Waals surface area contributed by atoms with Gasteiger partial charge in [-0.2, -0.15) is 0 Å². The molecular formula is C26H24N2O5S2. The van der Waals surface area contributed by atoms with E-state index >= 15 is 0 Å². The van der Waals surface area contributed by atoms with Crippen LogP contribution in [0.25, 0.3) is 0 Å². The molecule has 4 aromatic rings. The topological polar surface area (TPSA) is 108 Å². The van der Waals surface area contributed by atoms with E-state index in [-0.39, 0.29) is 25.4 Å². The molecule has 1 heterocycles. The van der Waals surface area contributed by atoms with Crippen LogP contribution in [0.15, 0.2) is 82.6 Å². The van der Waals surface area contributed by atoms with Gasteiger partial charge < -0.3 is 20.5 Å². The van der Waals surface area contributed by atoms with Crippen LogP contribution in [0.5, 0.6) is 11.5 Å². The molecule has 1 aromatic heterocycles. The summed E-state index contributed by atoms with van der Waals surface area (Å²) in [5.74, 6) is 0.639. The van der Waals surface area contributed by atoms with E-state index in [4.69, 9.17) is 15.2 Å². The number of benzene rings is 3. The fraction of sp³-hybridized carbons (Fsp3) is 0.115. The van der Waals surface area contributed by atoms with E-state index in [0.29, 0.717) is 22.7 Å². The van der Waals surface area contributed by atoms with Crippen LogP contribution in [0.3, 0.4) is 0 Å². The molecule has 9 heteroatoms. The summed E-state index contributed by atoms with van der Waals surface area (Å²) in [5.41, 5.74) is 8.26. The fourth-order valence-corrected chi connectivity index (χ4v) is 6.48. The Hall–Kier alpha value is -3.82. The smallest absolute Gasteiger partial charge is 0.211 e. The highest BCUT2D eigenvalue weighted by Gasteiger charge is 2.32. The number of ether oxygens (including phenoxy) is 2. The molecule has 0 saturated heterocycles. The first-order valence-corrected chi connectivity index (χ1v) is 12.9. The second-order valence-corrected chi connectivity index (χ2v) is 10.6. The number of para-hydroxylation sites is 1. The number of aryl methyl sites for hydroxylation is 1. The Kier molecular flexibility index (Phi) is 6.81. The number of methoxy groups -OCH3 is 2. The van der Waals surface area contributed by atoms with Gasteiger partial charge in [0, 0.05) is 11.3 Å². The lowest BCUT2D eigenvalue weighted by atomic mass is 10.1. The number of hydrogen-bond acceptors (Lipinski definition) is 8. The molecule has 4 rings (SSSR count). The van der Waals surface area contributed by atoms with E-state index in [1.165, 1.54) is 26.4 Å².